The van der Waals surface area contributed by atoms with Crippen LogP contribution in [0.25, 0.3) is 23.1 Å². The van der Waals surface area contributed by atoms with E-state index in [9.17, 15) is 10.1 Å². The van der Waals surface area contributed by atoms with Gasteiger partial charge in [0.2, 0.25) is 0 Å². The van der Waals surface area contributed by atoms with Crippen molar-refractivity contribution >= 4 is 34.4 Å². The van der Waals surface area contributed by atoms with E-state index in [4.69, 9.17) is 0 Å². The van der Waals surface area contributed by atoms with Gasteiger partial charge in [0, 0.05) is 30.2 Å². The van der Waals surface area contributed by atoms with Crippen LogP contribution in [0.15, 0.2) is 84.9 Å². The normalized spacial score (nSPS) is 11.1. The highest BCUT2D eigenvalue weighted by atomic mass is 16.6. The van der Waals surface area contributed by atoms with Crippen molar-refractivity contribution in [2.75, 3.05) is 11.4 Å². The van der Waals surface area contributed by atoms with Crippen LogP contribution in [0.3, 0.4) is 0 Å². The minimum absolute atomic E-state index is 0.0233. The minimum Gasteiger partial charge on any atom is -0.367 e. The third kappa shape index (κ3) is 4.78. The number of rotatable bonds is 7. The number of benzene rings is 3. The molecule has 4 rings (SSSR count). The molecule has 5 heteroatoms. The number of aromatic nitrogens is 1. The summed E-state index contributed by atoms with van der Waals surface area (Å²) in [5.74, 6) is 0. The summed E-state index contributed by atoms with van der Waals surface area (Å²) >= 11 is 0. The molecule has 0 fully saturated rings. The molecule has 0 amide bonds. The average Bonchev–Trinajstić information content (AvgIpc) is 2.81. The number of para-hydroxylation sites is 1. The summed E-state index contributed by atoms with van der Waals surface area (Å²) < 4.78 is 0. The summed E-state index contributed by atoms with van der Waals surface area (Å²) in [4.78, 5) is 17.7. The number of fused-ring (bicyclic) bond motifs is 1. The minimum atomic E-state index is -0.392. The molecule has 0 aliphatic heterocycles. The van der Waals surface area contributed by atoms with E-state index in [-0.39, 0.29) is 5.69 Å². The molecular formula is C26H23N3O2. The Morgan fingerprint density at radius 3 is 2.39 bits per heavy atom. The first-order valence-electron chi connectivity index (χ1n) is 10.3. The highest BCUT2D eigenvalue weighted by molar-refractivity contribution is 5.88. The Hall–Kier alpha value is -3.99. The zero-order chi connectivity index (χ0) is 21.6. The highest BCUT2D eigenvalue weighted by Gasteiger charge is 2.12. The zero-order valence-corrected chi connectivity index (χ0v) is 17.3. The molecule has 0 bridgehead atoms. The van der Waals surface area contributed by atoms with E-state index in [1.54, 1.807) is 6.07 Å². The van der Waals surface area contributed by atoms with Gasteiger partial charge in [0.25, 0.3) is 5.69 Å². The van der Waals surface area contributed by atoms with E-state index < -0.39 is 4.92 Å². The number of nitro benzene ring substituents is 1. The van der Waals surface area contributed by atoms with E-state index in [1.807, 2.05) is 36.4 Å². The molecule has 0 spiro atoms. The lowest BCUT2D eigenvalue weighted by Crippen LogP contribution is -2.21. The molecule has 0 atom stereocenters. The van der Waals surface area contributed by atoms with Crippen LogP contribution >= 0.6 is 0 Å². The first kappa shape index (κ1) is 20.3. The van der Waals surface area contributed by atoms with Crippen LogP contribution in [0.1, 0.15) is 23.7 Å². The first-order valence-corrected chi connectivity index (χ1v) is 10.3. The monoisotopic (exact) mass is 409 g/mol. The summed E-state index contributed by atoms with van der Waals surface area (Å²) in [6.07, 6.45) is 3.85. The number of anilines is 1. The predicted octanol–water partition coefficient (Wildman–Crippen LogP) is 6.34. The van der Waals surface area contributed by atoms with Gasteiger partial charge in [-0.05, 0) is 42.3 Å². The standard InChI is InChI=1S/C26H23N3O2/c1-2-28(19-21-7-4-3-5-8-21)24-17-12-20(13-18-24)11-15-23-16-14-22-9-6-10-25(29(30)31)26(22)27-23/h3-18H,2,19H2,1H3/b15-11+. The second kappa shape index (κ2) is 9.22. The Kier molecular flexibility index (Phi) is 6.03. The van der Waals surface area contributed by atoms with Crippen molar-refractivity contribution < 1.29 is 4.92 Å². The number of non-ortho nitro benzene ring substituents is 1. The van der Waals surface area contributed by atoms with Crippen LogP contribution in [0.2, 0.25) is 0 Å². The summed E-state index contributed by atoms with van der Waals surface area (Å²) in [6.45, 7) is 3.94. The molecule has 0 N–H and O–H groups in total. The second-order valence-corrected chi connectivity index (χ2v) is 7.27. The van der Waals surface area contributed by atoms with Gasteiger partial charge in [-0.2, -0.15) is 0 Å². The average molecular weight is 409 g/mol. The molecule has 4 aromatic rings. The van der Waals surface area contributed by atoms with Gasteiger partial charge in [-0.3, -0.25) is 10.1 Å². The third-order valence-corrected chi connectivity index (χ3v) is 5.22. The molecular weight excluding hydrogens is 386 g/mol. The topological polar surface area (TPSA) is 59.3 Å². The van der Waals surface area contributed by atoms with Gasteiger partial charge in [-0.15, -0.1) is 0 Å². The fourth-order valence-corrected chi connectivity index (χ4v) is 3.55. The Bertz CT molecular complexity index is 1220. The van der Waals surface area contributed by atoms with Gasteiger partial charge in [-0.1, -0.05) is 66.7 Å². The van der Waals surface area contributed by atoms with Crippen molar-refractivity contribution in [3.63, 3.8) is 0 Å². The molecule has 0 saturated heterocycles. The Morgan fingerprint density at radius 1 is 0.903 bits per heavy atom. The smallest absolute Gasteiger partial charge is 0.295 e. The van der Waals surface area contributed by atoms with Crippen LogP contribution in [-0.4, -0.2) is 16.5 Å². The van der Waals surface area contributed by atoms with Gasteiger partial charge in [-0.25, -0.2) is 4.98 Å². The molecule has 5 nitrogen and oxygen atoms in total. The number of nitro groups is 1. The summed E-state index contributed by atoms with van der Waals surface area (Å²) in [7, 11) is 0. The number of hydrogen-bond acceptors (Lipinski definition) is 4. The Balaban J connectivity index is 1.52. The molecule has 0 unspecified atom stereocenters. The molecule has 1 aromatic heterocycles. The molecule has 0 radical (unpaired) electrons. The van der Waals surface area contributed by atoms with Crippen LogP contribution < -0.4 is 4.90 Å². The highest BCUT2D eigenvalue weighted by Crippen LogP contribution is 2.24. The largest absolute Gasteiger partial charge is 0.367 e. The Labute approximate surface area is 181 Å². The van der Waals surface area contributed by atoms with Crippen LogP contribution in [0, 0.1) is 10.1 Å². The van der Waals surface area contributed by atoms with Crippen LogP contribution in [0.4, 0.5) is 11.4 Å². The maximum Gasteiger partial charge on any atom is 0.295 e. The number of nitrogens with zero attached hydrogens (tertiary/aromatic N) is 3. The van der Waals surface area contributed by atoms with Gasteiger partial charge in [0.1, 0.15) is 5.52 Å². The van der Waals surface area contributed by atoms with Crippen molar-refractivity contribution in [2.45, 2.75) is 13.5 Å². The lowest BCUT2D eigenvalue weighted by molar-refractivity contribution is -0.383. The molecule has 0 aliphatic carbocycles. The molecule has 3 aromatic carbocycles. The van der Waals surface area contributed by atoms with Crippen LogP contribution in [-0.2, 0) is 6.54 Å². The SMILES string of the molecule is CCN(Cc1ccccc1)c1ccc(/C=C/c2ccc3cccc([N+](=O)[O-])c3n2)cc1. The fraction of sp³-hybridized carbons (Fsp3) is 0.115. The fourth-order valence-electron chi connectivity index (χ4n) is 3.55. The van der Waals surface area contributed by atoms with Gasteiger partial charge in [0.05, 0.1) is 10.6 Å². The van der Waals surface area contributed by atoms with Crippen molar-refractivity contribution in [3.05, 3.63) is 112 Å². The van der Waals surface area contributed by atoms with Crippen molar-refractivity contribution in [1.29, 1.82) is 0 Å². The maximum atomic E-state index is 11.3. The van der Waals surface area contributed by atoms with Gasteiger partial charge >= 0.3 is 0 Å². The van der Waals surface area contributed by atoms with E-state index in [2.05, 4.69) is 65.3 Å². The Morgan fingerprint density at radius 2 is 1.68 bits per heavy atom. The lowest BCUT2D eigenvalue weighted by atomic mass is 10.1. The van der Waals surface area contributed by atoms with E-state index in [0.29, 0.717) is 11.2 Å². The first-order chi connectivity index (χ1) is 15.1. The molecule has 154 valence electrons. The molecule has 0 saturated carbocycles. The van der Waals surface area contributed by atoms with Gasteiger partial charge < -0.3 is 4.90 Å². The second-order valence-electron chi connectivity index (χ2n) is 7.27. The quantitative estimate of drug-likeness (QED) is 0.264. The van der Waals surface area contributed by atoms with E-state index in [1.165, 1.54) is 17.3 Å². The zero-order valence-electron chi connectivity index (χ0n) is 17.3. The predicted molar refractivity (Wildman–Crippen MR) is 127 cm³/mol. The van der Waals surface area contributed by atoms with E-state index in [0.717, 1.165) is 24.0 Å². The molecule has 0 aliphatic rings. The van der Waals surface area contributed by atoms with Crippen molar-refractivity contribution in [3.8, 4) is 0 Å². The van der Waals surface area contributed by atoms with E-state index >= 15 is 0 Å². The number of pyridine rings is 1. The number of hydrogen-bond donors (Lipinski definition) is 0. The lowest BCUT2D eigenvalue weighted by Gasteiger charge is -2.23. The molecule has 1 heterocycles. The molecule has 31 heavy (non-hydrogen) atoms. The summed E-state index contributed by atoms with van der Waals surface area (Å²) in [5.41, 5.74) is 4.61. The van der Waals surface area contributed by atoms with Gasteiger partial charge in [0.15, 0.2) is 0 Å². The third-order valence-electron chi connectivity index (χ3n) is 5.22. The summed E-state index contributed by atoms with van der Waals surface area (Å²) in [6, 6.07) is 27.5. The maximum absolute atomic E-state index is 11.3. The van der Waals surface area contributed by atoms with Crippen molar-refractivity contribution in [1.82, 2.24) is 4.98 Å². The summed E-state index contributed by atoms with van der Waals surface area (Å²) in [5, 5.41) is 12.0. The van der Waals surface area contributed by atoms with Crippen LogP contribution in [0.5, 0.6) is 0 Å². The van der Waals surface area contributed by atoms with Crippen molar-refractivity contribution in [2.24, 2.45) is 0 Å².